The highest BCUT2D eigenvalue weighted by Gasteiger charge is 2.06. The Morgan fingerprint density at radius 1 is 1.23 bits per heavy atom. The predicted molar refractivity (Wildman–Crippen MR) is 84.6 cm³/mol. The molecule has 0 bridgehead atoms. The van der Waals surface area contributed by atoms with Crippen molar-refractivity contribution in [2.45, 2.75) is 6.61 Å². The van der Waals surface area contributed by atoms with Crippen LogP contribution in [0.1, 0.15) is 5.69 Å². The molecule has 0 spiro atoms. The Hall–Kier alpha value is -1.98. The zero-order chi connectivity index (χ0) is 15.9. The van der Waals surface area contributed by atoms with Gasteiger partial charge in [0, 0.05) is 19.3 Å². The van der Waals surface area contributed by atoms with Crippen molar-refractivity contribution in [1.29, 1.82) is 0 Å². The largest absolute Gasteiger partial charge is 0.487 e. The third-order valence-corrected chi connectivity index (χ3v) is 3.25. The lowest BCUT2D eigenvalue weighted by Gasteiger charge is -2.09. The summed E-state index contributed by atoms with van der Waals surface area (Å²) in [6.07, 6.45) is 1.51. The Morgan fingerprint density at radius 3 is 2.64 bits per heavy atom. The first kappa shape index (κ1) is 16.4. The van der Waals surface area contributed by atoms with Crippen LogP contribution in [0.25, 0.3) is 0 Å². The van der Waals surface area contributed by atoms with Gasteiger partial charge in [-0.3, -0.25) is 9.78 Å². The molecular weight excluding hydrogens is 327 g/mol. The smallest absolute Gasteiger partial charge is 0.257 e. The molecule has 1 N–H and O–H groups in total. The Morgan fingerprint density at radius 2 is 1.95 bits per heavy atom. The minimum Gasteiger partial charge on any atom is -0.487 e. The molecule has 2 rings (SSSR count). The van der Waals surface area contributed by atoms with Crippen LogP contribution in [0.3, 0.4) is 0 Å². The van der Waals surface area contributed by atoms with E-state index >= 15 is 0 Å². The number of hydrogen-bond donors (Lipinski definition) is 1. The normalized spacial score (nSPS) is 10.1. The van der Waals surface area contributed by atoms with E-state index in [0.717, 1.165) is 0 Å². The Bertz CT molecular complexity index is 665. The SMILES string of the molecule is CNC(=O)COc1cccc(OCc2ncc(Cl)cc2Cl)c1. The molecule has 116 valence electrons. The molecule has 0 aliphatic carbocycles. The van der Waals surface area contributed by atoms with Crippen molar-refractivity contribution in [3.8, 4) is 11.5 Å². The first-order chi connectivity index (χ1) is 10.6. The number of hydrogen-bond acceptors (Lipinski definition) is 4. The second-order valence-electron chi connectivity index (χ2n) is 4.31. The van der Waals surface area contributed by atoms with Crippen molar-refractivity contribution in [3.63, 3.8) is 0 Å². The van der Waals surface area contributed by atoms with Crippen molar-refractivity contribution >= 4 is 29.1 Å². The highest BCUT2D eigenvalue weighted by molar-refractivity contribution is 6.34. The highest BCUT2D eigenvalue weighted by atomic mass is 35.5. The van der Waals surface area contributed by atoms with Gasteiger partial charge in [-0.2, -0.15) is 0 Å². The summed E-state index contributed by atoms with van der Waals surface area (Å²) in [5, 5.41) is 3.39. The van der Waals surface area contributed by atoms with Crippen molar-refractivity contribution in [2.24, 2.45) is 0 Å². The van der Waals surface area contributed by atoms with E-state index in [0.29, 0.717) is 27.2 Å². The van der Waals surface area contributed by atoms with Crippen LogP contribution in [-0.2, 0) is 11.4 Å². The number of aromatic nitrogens is 1. The van der Waals surface area contributed by atoms with E-state index in [1.165, 1.54) is 6.20 Å². The molecule has 5 nitrogen and oxygen atoms in total. The lowest BCUT2D eigenvalue weighted by molar-refractivity contribution is -0.122. The van der Waals surface area contributed by atoms with Crippen LogP contribution in [0, 0.1) is 0 Å². The number of nitrogens with one attached hydrogen (secondary N) is 1. The van der Waals surface area contributed by atoms with Gasteiger partial charge < -0.3 is 14.8 Å². The van der Waals surface area contributed by atoms with Gasteiger partial charge in [0.15, 0.2) is 6.61 Å². The molecule has 7 heteroatoms. The minimum atomic E-state index is -0.205. The average Bonchev–Trinajstić information content (AvgIpc) is 2.52. The summed E-state index contributed by atoms with van der Waals surface area (Å²) in [5.41, 5.74) is 0.586. The first-order valence-corrected chi connectivity index (χ1v) is 7.20. The summed E-state index contributed by atoms with van der Waals surface area (Å²) < 4.78 is 11.0. The van der Waals surface area contributed by atoms with E-state index in [-0.39, 0.29) is 19.1 Å². The van der Waals surface area contributed by atoms with E-state index in [9.17, 15) is 4.79 Å². The third kappa shape index (κ3) is 4.79. The van der Waals surface area contributed by atoms with E-state index < -0.39 is 0 Å². The van der Waals surface area contributed by atoms with Gasteiger partial charge in [0.2, 0.25) is 0 Å². The summed E-state index contributed by atoms with van der Waals surface area (Å²) in [5.74, 6) is 0.918. The molecule has 0 saturated carbocycles. The van der Waals surface area contributed by atoms with E-state index in [1.54, 1.807) is 37.4 Å². The molecule has 0 atom stereocenters. The summed E-state index contributed by atoms with van der Waals surface area (Å²) in [7, 11) is 1.55. The topological polar surface area (TPSA) is 60.5 Å². The number of halogens is 2. The Kier molecular flexibility index (Phi) is 5.86. The van der Waals surface area contributed by atoms with Gasteiger partial charge in [-0.05, 0) is 18.2 Å². The lowest BCUT2D eigenvalue weighted by atomic mass is 10.3. The Labute approximate surface area is 138 Å². The fourth-order valence-corrected chi connectivity index (χ4v) is 2.01. The van der Waals surface area contributed by atoms with Crippen molar-refractivity contribution < 1.29 is 14.3 Å². The monoisotopic (exact) mass is 340 g/mol. The van der Waals surface area contributed by atoms with Crippen LogP contribution in [0.2, 0.25) is 10.0 Å². The number of pyridine rings is 1. The number of likely N-dealkylation sites (N-methyl/N-ethyl adjacent to an activating group) is 1. The van der Waals surface area contributed by atoms with Crippen LogP contribution in [0.4, 0.5) is 0 Å². The van der Waals surface area contributed by atoms with Crippen LogP contribution in [0.15, 0.2) is 36.5 Å². The number of nitrogens with zero attached hydrogens (tertiary/aromatic N) is 1. The molecule has 1 heterocycles. The summed E-state index contributed by atoms with van der Waals surface area (Å²) >= 11 is 11.8. The van der Waals surface area contributed by atoms with Gasteiger partial charge >= 0.3 is 0 Å². The number of carbonyl (C=O) groups is 1. The van der Waals surface area contributed by atoms with E-state index in [1.807, 2.05) is 0 Å². The van der Waals surface area contributed by atoms with E-state index in [4.69, 9.17) is 32.7 Å². The number of benzene rings is 1. The van der Waals surface area contributed by atoms with Gasteiger partial charge in [0.25, 0.3) is 5.91 Å². The number of amides is 1. The number of carbonyl (C=O) groups excluding carboxylic acids is 1. The first-order valence-electron chi connectivity index (χ1n) is 6.44. The molecule has 1 amide bonds. The maximum absolute atomic E-state index is 11.1. The van der Waals surface area contributed by atoms with Gasteiger partial charge in [-0.1, -0.05) is 29.3 Å². The molecule has 0 saturated heterocycles. The molecule has 1 aromatic heterocycles. The molecule has 22 heavy (non-hydrogen) atoms. The van der Waals surface area contributed by atoms with Crippen LogP contribution < -0.4 is 14.8 Å². The molecule has 0 aliphatic rings. The molecule has 2 aromatic rings. The highest BCUT2D eigenvalue weighted by Crippen LogP contribution is 2.23. The summed E-state index contributed by atoms with van der Waals surface area (Å²) in [6, 6.07) is 8.58. The van der Waals surface area contributed by atoms with Crippen molar-refractivity contribution in [1.82, 2.24) is 10.3 Å². The van der Waals surface area contributed by atoms with Gasteiger partial charge in [-0.25, -0.2) is 0 Å². The van der Waals surface area contributed by atoms with Crippen LogP contribution in [-0.4, -0.2) is 24.5 Å². The zero-order valence-electron chi connectivity index (χ0n) is 11.8. The van der Waals surface area contributed by atoms with Crippen molar-refractivity contribution in [2.75, 3.05) is 13.7 Å². The van der Waals surface area contributed by atoms with Gasteiger partial charge in [0.1, 0.15) is 18.1 Å². The minimum absolute atomic E-state index is 0.0511. The van der Waals surface area contributed by atoms with Crippen LogP contribution in [0.5, 0.6) is 11.5 Å². The molecule has 0 unspecified atom stereocenters. The average molecular weight is 341 g/mol. The summed E-state index contributed by atoms with van der Waals surface area (Å²) in [4.78, 5) is 15.3. The maximum atomic E-state index is 11.1. The van der Waals surface area contributed by atoms with Crippen LogP contribution >= 0.6 is 23.2 Å². The maximum Gasteiger partial charge on any atom is 0.257 e. The third-order valence-electron chi connectivity index (χ3n) is 2.71. The fourth-order valence-electron chi connectivity index (χ4n) is 1.58. The van der Waals surface area contributed by atoms with Crippen molar-refractivity contribution in [3.05, 3.63) is 52.3 Å². The molecule has 0 fully saturated rings. The molecular formula is C15H14Cl2N2O3. The van der Waals surface area contributed by atoms with Gasteiger partial charge in [-0.15, -0.1) is 0 Å². The zero-order valence-corrected chi connectivity index (χ0v) is 13.3. The summed E-state index contributed by atoms with van der Waals surface area (Å²) in [6.45, 7) is 0.152. The Balaban J connectivity index is 1.96. The number of ether oxygens (including phenoxy) is 2. The van der Waals surface area contributed by atoms with E-state index in [2.05, 4.69) is 10.3 Å². The quantitative estimate of drug-likeness (QED) is 0.877. The lowest BCUT2D eigenvalue weighted by Crippen LogP contribution is -2.24. The molecule has 0 aliphatic heterocycles. The second-order valence-corrected chi connectivity index (χ2v) is 5.15. The number of rotatable bonds is 6. The molecule has 1 aromatic carbocycles. The fraction of sp³-hybridized carbons (Fsp3) is 0.200. The second kappa shape index (κ2) is 7.87. The molecule has 0 radical (unpaired) electrons. The van der Waals surface area contributed by atoms with Gasteiger partial charge in [0.05, 0.1) is 15.7 Å². The standard InChI is InChI=1S/C15H14Cl2N2O3/c1-18-15(20)9-22-12-4-2-3-11(6-12)21-8-14-13(17)5-10(16)7-19-14/h2-7H,8-9H2,1H3,(H,18,20). The predicted octanol–water partition coefficient (Wildman–Crippen LogP) is 3.09.